The van der Waals surface area contributed by atoms with Gasteiger partial charge in [0.25, 0.3) is 5.91 Å². The Balaban J connectivity index is 2.29. The van der Waals surface area contributed by atoms with Crippen molar-refractivity contribution in [1.82, 2.24) is 4.98 Å². The van der Waals surface area contributed by atoms with Gasteiger partial charge in [-0.25, -0.2) is 13.4 Å². The number of rotatable bonds is 5. The number of nitrogens with zero attached hydrogens (tertiary/aromatic N) is 2. The molecule has 0 aliphatic rings. The lowest BCUT2D eigenvalue weighted by Gasteiger charge is -2.17. The van der Waals surface area contributed by atoms with Crippen molar-refractivity contribution in [2.75, 3.05) is 30.0 Å². The zero-order chi connectivity index (χ0) is 17.2. The van der Waals surface area contributed by atoms with E-state index in [1.165, 1.54) is 4.90 Å². The Bertz CT molecular complexity index is 830. The molecule has 1 amide bonds. The summed E-state index contributed by atoms with van der Waals surface area (Å²) in [7, 11) is -0.239. The number of benzene rings is 1. The molecule has 0 unspecified atom stereocenters. The number of carbonyl (C=O) groups is 1. The lowest BCUT2D eigenvalue weighted by Crippen LogP contribution is -2.26. The molecule has 0 aliphatic carbocycles. The first-order valence-corrected chi connectivity index (χ1v) is 9.29. The van der Waals surface area contributed by atoms with E-state index in [1.54, 1.807) is 45.3 Å². The van der Waals surface area contributed by atoms with Crippen molar-refractivity contribution in [2.45, 2.75) is 6.92 Å². The molecule has 2 rings (SSSR count). The number of thiazole rings is 1. The van der Waals surface area contributed by atoms with Crippen molar-refractivity contribution in [3.8, 4) is 5.75 Å². The third-order valence-corrected chi connectivity index (χ3v) is 4.76. The Hall–Kier alpha value is -2.13. The van der Waals surface area contributed by atoms with E-state index in [1.807, 2.05) is 0 Å². The molecule has 23 heavy (non-hydrogen) atoms. The Kier molecular flexibility index (Phi) is 4.90. The maximum atomic E-state index is 12.6. The minimum absolute atomic E-state index is 0.174. The van der Waals surface area contributed by atoms with Gasteiger partial charge in [0.15, 0.2) is 5.13 Å². The molecule has 0 atom stereocenters. The van der Waals surface area contributed by atoms with Crippen LogP contribution < -0.4 is 14.4 Å². The number of hydrogen-bond donors (Lipinski definition) is 1. The van der Waals surface area contributed by atoms with Crippen LogP contribution in [0, 0.1) is 6.92 Å². The average Bonchev–Trinajstić information content (AvgIpc) is 2.84. The van der Waals surface area contributed by atoms with Gasteiger partial charge in [0.05, 0.1) is 19.1 Å². The highest BCUT2D eigenvalue weighted by Gasteiger charge is 2.21. The number of aryl methyl sites for hydroxylation is 1. The molecule has 0 fully saturated rings. The quantitative estimate of drug-likeness (QED) is 0.887. The fourth-order valence-corrected chi connectivity index (χ4v) is 3.66. The predicted molar refractivity (Wildman–Crippen MR) is 91.0 cm³/mol. The summed E-state index contributed by atoms with van der Waals surface area (Å²) in [6.45, 7) is 1.66. The fourth-order valence-electron chi connectivity index (χ4n) is 1.89. The van der Waals surface area contributed by atoms with Crippen LogP contribution in [-0.4, -0.2) is 39.7 Å². The molecule has 1 aromatic carbocycles. The standard InChI is InChI=1S/C14H17N3O4S2/c1-9-12(22-14(15-9)16-23(4,19)20)13(18)17(2)10-6-5-7-11(8-10)21-3/h5-8H,1-4H3,(H,15,16). The maximum absolute atomic E-state index is 12.6. The number of sulfonamides is 1. The van der Waals surface area contributed by atoms with E-state index in [4.69, 9.17) is 4.74 Å². The van der Waals surface area contributed by atoms with E-state index < -0.39 is 10.0 Å². The monoisotopic (exact) mass is 355 g/mol. The van der Waals surface area contributed by atoms with Crippen LogP contribution >= 0.6 is 11.3 Å². The zero-order valence-electron chi connectivity index (χ0n) is 13.2. The molecule has 0 aliphatic heterocycles. The Labute approximate surface area is 139 Å². The summed E-state index contributed by atoms with van der Waals surface area (Å²) < 4.78 is 30.0. The number of amides is 1. The Morgan fingerprint density at radius 2 is 2.09 bits per heavy atom. The van der Waals surface area contributed by atoms with Crippen molar-refractivity contribution >= 4 is 38.1 Å². The highest BCUT2D eigenvalue weighted by atomic mass is 32.2. The summed E-state index contributed by atoms with van der Waals surface area (Å²) in [6, 6.07) is 7.10. The first-order valence-electron chi connectivity index (χ1n) is 6.58. The number of nitrogens with one attached hydrogen (secondary N) is 1. The number of methoxy groups -OCH3 is 1. The molecule has 1 N–H and O–H groups in total. The number of hydrogen-bond acceptors (Lipinski definition) is 6. The summed E-state index contributed by atoms with van der Waals surface area (Å²) in [5, 5.41) is 0.174. The second-order valence-corrected chi connectivity index (χ2v) is 7.62. The van der Waals surface area contributed by atoms with E-state index in [-0.39, 0.29) is 11.0 Å². The number of aromatic nitrogens is 1. The molecular weight excluding hydrogens is 338 g/mol. The summed E-state index contributed by atoms with van der Waals surface area (Å²) in [5.74, 6) is 0.373. The van der Waals surface area contributed by atoms with Crippen molar-refractivity contribution in [3.05, 3.63) is 34.8 Å². The fraction of sp³-hybridized carbons (Fsp3) is 0.286. The smallest absolute Gasteiger partial charge is 0.270 e. The average molecular weight is 355 g/mol. The Morgan fingerprint density at radius 3 is 2.70 bits per heavy atom. The van der Waals surface area contributed by atoms with Gasteiger partial charge in [-0.05, 0) is 19.1 Å². The van der Waals surface area contributed by atoms with Crippen LogP contribution in [0.25, 0.3) is 0 Å². The molecule has 0 bridgehead atoms. The number of ether oxygens (including phenoxy) is 1. The second-order valence-electron chi connectivity index (χ2n) is 4.87. The third kappa shape index (κ3) is 4.20. The molecular formula is C14H17N3O4S2. The van der Waals surface area contributed by atoms with Gasteiger partial charge in [0, 0.05) is 18.8 Å². The van der Waals surface area contributed by atoms with E-state index in [0.717, 1.165) is 17.6 Å². The molecule has 7 nitrogen and oxygen atoms in total. The van der Waals surface area contributed by atoms with Crippen molar-refractivity contribution in [2.24, 2.45) is 0 Å². The number of carbonyl (C=O) groups excluding carboxylic acids is 1. The van der Waals surface area contributed by atoms with Crippen molar-refractivity contribution < 1.29 is 17.9 Å². The molecule has 1 heterocycles. The van der Waals surface area contributed by atoms with Crippen LogP contribution in [0.4, 0.5) is 10.8 Å². The van der Waals surface area contributed by atoms with Crippen molar-refractivity contribution in [3.63, 3.8) is 0 Å². The lowest BCUT2D eigenvalue weighted by atomic mass is 10.2. The largest absolute Gasteiger partial charge is 0.497 e. The van der Waals surface area contributed by atoms with Gasteiger partial charge in [0.1, 0.15) is 10.6 Å². The van der Waals surface area contributed by atoms with Crippen LogP contribution in [0.1, 0.15) is 15.4 Å². The normalized spacial score (nSPS) is 11.1. The SMILES string of the molecule is COc1cccc(N(C)C(=O)c2sc(NS(C)(=O)=O)nc2C)c1. The van der Waals surface area contributed by atoms with Gasteiger partial charge in [-0.2, -0.15) is 0 Å². The van der Waals surface area contributed by atoms with Crippen LogP contribution in [-0.2, 0) is 10.0 Å². The van der Waals surface area contributed by atoms with Crippen LogP contribution in [0.5, 0.6) is 5.75 Å². The van der Waals surface area contributed by atoms with E-state index in [9.17, 15) is 13.2 Å². The van der Waals surface area contributed by atoms with Gasteiger partial charge in [0.2, 0.25) is 10.0 Å². The molecule has 9 heteroatoms. The van der Waals surface area contributed by atoms with Crippen LogP contribution in [0.3, 0.4) is 0 Å². The van der Waals surface area contributed by atoms with Gasteiger partial charge >= 0.3 is 0 Å². The zero-order valence-corrected chi connectivity index (χ0v) is 14.8. The first kappa shape index (κ1) is 17.2. The van der Waals surface area contributed by atoms with E-state index >= 15 is 0 Å². The molecule has 0 saturated heterocycles. The van der Waals surface area contributed by atoms with Gasteiger partial charge in [-0.3, -0.25) is 9.52 Å². The van der Waals surface area contributed by atoms with Crippen molar-refractivity contribution in [1.29, 1.82) is 0 Å². The maximum Gasteiger partial charge on any atom is 0.270 e. The Morgan fingerprint density at radius 1 is 1.39 bits per heavy atom. The van der Waals surface area contributed by atoms with Gasteiger partial charge in [-0.15, -0.1) is 0 Å². The van der Waals surface area contributed by atoms with Crippen LogP contribution in [0.15, 0.2) is 24.3 Å². The molecule has 0 spiro atoms. The molecule has 2 aromatic rings. The third-order valence-electron chi connectivity index (χ3n) is 3.01. The number of anilines is 2. The predicted octanol–water partition coefficient (Wildman–Crippen LogP) is 2.11. The summed E-state index contributed by atoms with van der Waals surface area (Å²) >= 11 is 1.00. The molecule has 0 saturated carbocycles. The second kappa shape index (κ2) is 6.55. The minimum Gasteiger partial charge on any atom is -0.497 e. The first-order chi connectivity index (χ1) is 10.7. The highest BCUT2D eigenvalue weighted by molar-refractivity contribution is 7.92. The summed E-state index contributed by atoms with van der Waals surface area (Å²) in [4.78, 5) is 18.5. The van der Waals surface area contributed by atoms with Crippen LogP contribution in [0.2, 0.25) is 0 Å². The van der Waals surface area contributed by atoms with Gasteiger partial charge in [-0.1, -0.05) is 17.4 Å². The molecule has 1 aromatic heterocycles. The summed E-state index contributed by atoms with van der Waals surface area (Å²) in [6.07, 6.45) is 1.04. The van der Waals surface area contributed by atoms with E-state index in [2.05, 4.69) is 9.71 Å². The minimum atomic E-state index is -3.43. The lowest BCUT2D eigenvalue weighted by molar-refractivity contribution is 0.0996. The van der Waals surface area contributed by atoms with Gasteiger partial charge < -0.3 is 9.64 Å². The molecule has 0 radical (unpaired) electrons. The highest BCUT2D eigenvalue weighted by Crippen LogP contribution is 2.27. The topological polar surface area (TPSA) is 88.6 Å². The molecule has 124 valence electrons. The van der Waals surface area contributed by atoms with E-state index in [0.29, 0.717) is 22.0 Å². The summed E-state index contributed by atoms with van der Waals surface area (Å²) in [5.41, 5.74) is 1.14.